The van der Waals surface area contributed by atoms with E-state index in [1.54, 1.807) is 41.6 Å². The summed E-state index contributed by atoms with van der Waals surface area (Å²) in [6.45, 7) is 0.615. The average molecular weight is 433 g/mol. The van der Waals surface area contributed by atoms with Gasteiger partial charge in [0.1, 0.15) is 0 Å². The number of urea groups is 1. The van der Waals surface area contributed by atoms with E-state index in [4.69, 9.17) is 5.26 Å². The zero-order valence-corrected chi connectivity index (χ0v) is 17.3. The highest BCUT2D eigenvalue weighted by Crippen LogP contribution is 2.31. The predicted octanol–water partition coefficient (Wildman–Crippen LogP) is 3.82. The van der Waals surface area contributed by atoms with Gasteiger partial charge in [-0.15, -0.1) is 5.10 Å². The Kier molecular flexibility index (Phi) is 6.14. The Morgan fingerprint density at radius 2 is 2.00 bits per heavy atom. The van der Waals surface area contributed by atoms with Crippen LogP contribution in [-0.2, 0) is 0 Å². The highest BCUT2D eigenvalue weighted by Gasteiger charge is 2.29. The SMILES string of the molecule is N#Cc1ccc(NC(=O)c2nnsc2NC(=O)N2CCCCC2c2cccnc2)cc1. The molecule has 0 aliphatic carbocycles. The Bertz CT molecular complexity index is 1110. The van der Waals surface area contributed by atoms with Crippen LogP contribution in [0.1, 0.15) is 46.9 Å². The number of amides is 3. The van der Waals surface area contributed by atoms with Crippen LogP contribution in [0, 0.1) is 11.3 Å². The number of benzene rings is 1. The fourth-order valence-electron chi connectivity index (χ4n) is 3.50. The lowest BCUT2D eigenvalue weighted by molar-refractivity contribution is 0.102. The third-order valence-corrected chi connectivity index (χ3v) is 5.67. The van der Waals surface area contributed by atoms with Gasteiger partial charge in [-0.2, -0.15) is 5.26 Å². The molecule has 1 atom stereocenters. The molecule has 3 aromatic rings. The monoisotopic (exact) mass is 433 g/mol. The number of carbonyl (C=O) groups is 2. The van der Waals surface area contributed by atoms with E-state index in [-0.39, 0.29) is 22.8 Å². The number of nitrogens with zero attached hydrogens (tertiary/aromatic N) is 5. The van der Waals surface area contributed by atoms with E-state index in [9.17, 15) is 9.59 Å². The molecular formula is C21H19N7O2S. The third-order valence-electron chi connectivity index (χ3n) is 5.03. The Morgan fingerprint density at radius 3 is 2.74 bits per heavy atom. The largest absolute Gasteiger partial charge is 0.323 e. The molecule has 2 aromatic heterocycles. The molecule has 9 nitrogen and oxygen atoms in total. The molecule has 0 spiro atoms. The zero-order chi connectivity index (χ0) is 21.6. The van der Waals surface area contributed by atoms with Crippen molar-refractivity contribution in [3.8, 4) is 6.07 Å². The lowest BCUT2D eigenvalue weighted by Gasteiger charge is -2.35. The van der Waals surface area contributed by atoms with Gasteiger partial charge in [0, 0.05) is 36.2 Å². The Balaban J connectivity index is 1.47. The van der Waals surface area contributed by atoms with Crippen LogP contribution in [0.4, 0.5) is 15.5 Å². The van der Waals surface area contributed by atoms with Gasteiger partial charge in [0.15, 0.2) is 10.7 Å². The molecule has 156 valence electrons. The van der Waals surface area contributed by atoms with Crippen LogP contribution in [0.2, 0.25) is 0 Å². The van der Waals surface area contributed by atoms with Crippen molar-refractivity contribution >= 4 is 34.2 Å². The van der Waals surface area contributed by atoms with Gasteiger partial charge in [-0.3, -0.25) is 15.1 Å². The highest BCUT2D eigenvalue weighted by atomic mass is 32.1. The van der Waals surface area contributed by atoms with Gasteiger partial charge in [-0.1, -0.05) is 10.6 Å². The van der Waals surface area contributed by atoms with Gasteiger partial charge in [0.2, 0.25) is 0 Å². The van der Waals surface area contributed by atoms with Crippen LogP contribution in [0.15, 0.2) is 48.8 Å². The van der Waals surface area contributed by atoms with Crippen molar-refractivity contribution < 1.29 is 9.59 Å². The summed E-state index contributed by atoms with van der Waals surface area (Å²) in [5.41, 5.74) is 2.03. The number of piperidine rings is 1. The predicted molar refractivity (Wildman–Crippen MR) is 116 cm³/mol. The number of anilines is 2. The fraction of sp³-hybridized carbons (Fsp3) is 0.238. The van der Waals surface area contributed by atoms with Crippen LogP contribution in [0.3, 0.4) is 0 Å². The fourth-order valence-corrected chi connectivity index (χ4v) is 4.06. The van der Waals surface area contributed by atoms with Crippen molar-refractivity contribution in [3.05, 3.63) is 65.6 Å². The van der Waals surface area contributed by atoms with Gasteiger partial charge in [-0.25, -0.2) is 4.79 Å². The lowest BCUT2D eigenvalue weighted by Crippen LogP contribution is -2.41. The quantitative estimate of drug-likeness (QED) is 0.645. The first-order valence-electron chi connectivity index (χ1n) is 9.77. The lowest BCUT2D eigenvalue weighted by atomic mass is 9.97. The second-order valence-electron chi connectivity index (χ2n) is 7.02. The molecule has 1 saturated heterocycles. The Morgan fingerprint density at radius 1 is 1.16 bits per heavy atom. The molecule has 3 heterocycles. The molecule has 10 heteroatoms. The number of pyridine rings is 1. The maximum atomic E-state index is 13.0. The van der Waals surface area contributed by atoms with Crippen molar-refractivity contribution in [2.75, 3.05) is 17.2 Å². The summed E-state index contributed by atoms with van der Waals surface area (Å²) >= 11 is 0.948. The van der Waals surface area contributed by atoms with E-state index in [2.05, 4.69) is 25.2 Å². The number of likely N-dealkylation sites (tertiary alicyclic amines) is 1. The van der Waals surface area contributed by atoms with Crippen molar-refractivity contribution in [3.63, 3.8) is 0 Å². The maximum absolute atomic E-state index is 13.0. The number of carbonyl (C=O) groups excluding carboxylic acids is 2. The van der Waals surface area contributed by atoms with E-state index in [0.29, 0.717) is 17.8 Å². The second-order valence-corrected chi connectivity index (χ2v) is 7.77. The van der Waals surface area contributed by atoms with Gasteiger partial charge < -0.3 is 10.2 Å². The summed E-state index contributed by atoms with van der Waals surface area (Å²) in [4.78, 5) is 31.6. The van der Waals surface area contributed by atoms with Crippen molar-refractivity contribution in [1.82, 2.24) is 19.5 Å². The van der Waals surface area contributed by atoms with Gasteiger partial charge >= 0.3 is 6.03 Å². The molecule has 2 N–H and O–H groups in total. The molecular weight excluding hydrogens is 414 g/mol. The smallest absolute Gasteiger partial charge is 0.320 e. The standard InChI is InChI=1S/C21H19N7O2S/c22-12-14-6-8-16(9-7-14)24-19(29)18-20(31-27-26-18)25-21(30)28-11-2-1-5-17(28)15-4-3-10-23-13-15/h3-4,6-10,13,17H,1-2,5,11H2,(H,24,29)(H,25,30). The van der Waals surface area contributed by atoms with Crippen LogP contribution in [0.5, 0.6) is 0 Å². The zero-order valence-electron chi connectivity index (χ0n) is 16.5. The summed E-state index contributed by atoms with van der Waals surface area (Å²) < 4.78 is 3.83. The second kappa shape index (κ2) is 9.32. The molecule has 0 bridgehead atoms. The first kappa shape index (κ1) is 20.4. The minimum atomic E-state index is -0.490. The number of nitrogens with one attached hydrogen (secondary N) is 2. The molecule has 31 heavy (non-hydrogen) atoms. The number of nitriles is 1. The Hall–Kier alpha value is -3.84. The van der Waals surface area contributed by atoms with Crippen LogP contribution in [-0.4, -0.2) is 38.0 Å². The first-order valence-corrected chi connectivity index (χ1v) is 10.5. The molecule has 3 amide bonds. The van der Waals surface area contributed by atoms with E-state index >= 15 is 0 Å². The van der Waals surface area contributed by atoms with Crippen molar-refractivity contribution in [2.45, 2.75) is 25.3 Å². The summed E-state index contributed by atoms with van der Waals surface area (Å²) in [5.74, 6) is -0.490. The third kappa shape index (κ3) is 4.67. The van der Waals surface area contributed by atoms with E-state index in [1.165, 1.54) is 0 Å². The summed E-state index contributed by atoms with van der Waals surface area (Å²) in [6.07, 6.45) is 6.28. The van der Waals surface area contributed by atoms with E-state index < -0.39 is 5.91 Å². The number of hydrogen-bond donors (Lipinski definition) is 2. The van der Waals surface area contributed by atoms with Gasteiger partial charge in [0.05, 0.1) is 17.7 Å². The van der Waals surface area contributed by atoms with Crippen molar-refractivity contribution in [2.24, 2.45) is 0 Å². The first-order chi connectivity index (χ1) is 15.2. The van der Waals surface area contributed by atoms with Crippen molar-refractivity contribution in [1.29, 1.82) is 5.26 Å². The van der Waals surface area contributed by atoms with E-state index in [0.717, 1.165) is 36.4 Å². The van der Waals surface area contributed by atoms with Crippen LogP contribution in [0.25, 0.3) is 0 Å². The molecule has 4 rings (SSSR count). The van der Waals surface area contributed by atoms with Gasteiger partial charge in [-0.05, 0) is 55.2 Å². The average Bonchev–Trinajstić information content (AvgIpc) is 3.28. The summed E-state index contributed by atoms with van der Waals surface area (Å²) in [7, 11) is 0. The topological polar surface area (TPSA) is 124 Å². The molecule has 1 aliphatic rings. The summed E-state index contributed by atoms with van der Waals surface area (Å²) in [6, 6.07) is 11.9. The summed E-state index contributed by atoms with van der Waals surface area (Å²) in [5, 5.41) is 18.6. The molecule has 0 saturated carbocycles. The number of hydrogen-bond acceptors (Lipinski definition) is 7. The van der Waals surface area contributed by atoms with Gasteiger partial charge in [0.25, 0.3) is 5.91 Å². The Labute approximate surface area is 182 Å². The normalized spacial score (nSPS) is 15.7. The molecule has 0 radical (unpaired) electrons. The molecule has 1 aliphatic heterocycles. The molecule has 1 fully saturated rings. The van der Waals surface area contributed by atoms with Crippen LogP contribution >= 0.6 is 11.5 Å². The molecule has 1 unspecified atom stereocenters. The number of aromatic nitrogens is 3. The maximum Gasteiger partial charge on any atom is 0.323 e. The van der Waals surface area contributed by atoms with E-state index in [1.807, 2.05) is 18.2 Å². The van der Waals surface area contributed by atoms with Crippen LogP contribution < -0.4 is 10.6 Å². The highest BCUT2D eigenvalue weighted by molar-refractivity contribution is 7.10. The number of rotatable bonds is 4. The molecule has 1 aromatic carbocycles. The minimum Gasteiger partial charge on any atom is -0.320 e. The minimum absolute atomic E-state index is 0.0395.